The van der Waals surface area contributed by atoms with E-state index in [4.69, 9.17) is 17.5 Å². The number of fused-ring (bicyclic) bond motifs is 1. The Morgan fingerprint density at radius 2 is 1.67 bits per heavy atom. The minimum absolute atomic E-state index is 0. The number of nitrogens with zero attached hydrogens (tertiary/aromatic N) is 2. The first-order valence-corrected chi connectivity index (χ1v) is 13.4. The van der Waals surface area contributed by atoms with E-state index in [9.17, 15) is 23.6 Å². The molecule has 1 amide bonds. The van der Waals surface area contributed by atoms with E-state index in [1.54, 1.807) is 24.3 Å². The van der Waals surface area contributed by atoms with Crippen LogP contribution in [0.2, 0.25) is 0 Å². The van der Waals surface area contributed by atoms with Gasteiger partial charge in [-0.25, -0.2) is 16.8 Å². The number of hydrogen-bond acceptors (Lipinski definition) is 13. The first kappa shape index (κ1) is 37.8. The third-order valence-corrected chi connectivity index (χ3v) is 6.40. The summed E-state index contributed by atoms with van der Waals surface area (Å²) in [6.45, 7) is 4.76. The Hall–Kier alpha value is -1.16. The number of amides is 1. The number of carbonyl (C=O) groups excluding carboxylic acids is 1. The van der Waals surface area contributed by atoms with Crippen molar-refractivity contribution in [2.45, 2.75) is 16.7 Å². The van der Waals surface area contributed by atoms with Gasteiger partial charge in [0.05, 0.1) is 27.5 Å². The predicted octanol–water partition coefficient (Wildman–Crippen LogP) is -3.23. The second-order valence-electron chi connectivity index (χ2n) is 6.85. The van der Waals surface area contributed by atoms with Crippen LogP contribution in [0.4, 0.5) is 17.1 Å². The van der Waals surface area contributed by atoms with Crippen molar-refractivity contribution in [3.05, 3.63) is 55.5 Å². The second kappa shape index (κ2) is 16.9. The van der Waals surface area contributed by atoms with Gasteiger partial charge >= 0.3 is 59.1 Å². The second-order valence-corrected chi connectivity index (χ2v) is 10.6. The summed E-state index contributed by atoms with van der Waals surface area (Å²) in [4.78, 5) is 11.6. The van der Waals surface area contributed by atoms with Gasteiger partial charge in [0.25, 0.3) is 0 Å². The number of nitrogens with one attached hydrogen (secondary N) is 1. The standard InChI is InChI=1S/C20H18N3O7S2.2Na.H2O4S/c1-3-32(27,28)16-7-4-14(5-8-16)22-23-19-18(31-30-29-26)11-13-10-15(21-12(2)24)6-9-17(13)20(19)25;;;1-5(2,3)4/h4-11,25-26H,1,3H2,2H3,(H,21,24);;;(H2,1,2,3,4)/q-1;2*+1;/p-2. The molecule has 0 saturated heterocycles. The minimum Gasteiger partial charge on any atom is -0.726 e. The first-order chi connectivity index (χ1) is 17.2. The zero-order chi connectivity index (χ0) is 27.8. The van der Waals surface area contributed by atoms with Crippen molar-refractivity contribution >= 4 is 66.0 Å². The molecule has 0 bridgehead atoms. The smallest absolute Gasteiger partial charge is 0.726 e. The summed E-state index contributed by atoms with van der Waals surface area (Å²) in [7, 11) is -8.37. The zero-order valence-electron chi connectivity index (χ0n) is 20.7. The summed E-state index contributed by atoms with van der Waals surface area (Å²) in [6, 6.07) is 12.1. The largest absolute Gasteiger partial charge is 1.00 e. The predicted molar refractivity (Wildman–Crippen MR) is 128 cm³/mol. The summed E-state index contributed by atoms with van der Waals surface area (Å²) in [5, 5.41) is 36.1. The Morgan fingerprint density at radius 3 is 2.18 bits per heavy atom. The van der Waals surface area contributed by atoms with Gasteiger partial charge < -0.3 is 27.2 Å². The molecule has 3 rings (SSSR count). The van der Waals surface area contributed by atoms with E-state index in [2.05, 4.69) is 31.8 Å². The molecule has 39 heavy (non-hydrogen) atoms. The SMILES string of the molecule is O=S(=O)([O-])O.[CH2-]CS(=O)(=O)c1ccc(N=Nc2c(SOO[O-])cc3cc(NC(C)=O)ccc3c2O)cc1.[Na+].[Na+]. The van der Waals surface area contributed by atoms with Crippen LogP contribution in [0.15, 0.2) is 68.6 Å². The summed E-state index contributed by atoms with van der Waals surface area (Å²) in [6.07, 6.45) is 0. The number of sulfone groups is 1. The van der Waals surface area contributed by atoms with Crippen molar-refractivity contribution in [3.8, 4) is 5.75 Å². The van der Waals surface area contributed by atoms with Crippen molar-refractivity contribution in [1.82, 2.24) is 0 Å². The summed E-state index contributed by atoms with van der Waals surface area (Å²) in [5.41, 5.74) is 0.833. The molecule has 3 aromatic rings. The van der Waals surface area contributed by atoms with E-state index in [0.29, 0.717) is 34.2 Å². The molecule has 0 aliphatic heterocycles. The van der Waals surface area contributed by atoms with Gasteiger partial charge in [0.2, 0.25) is 16.3 Å². The van der Waals surface area contributed by atoms with E-state index in [1.807, 2.05) is 0 Å². The number of phenolic OH excluding ortho intramolecular Hbond substituents is 1. The molecular weight excluding hydrogens is 600 g/mol. The van der Waals surface area contributed by atoms with Crippen LogP contribution in [0.1, 0.15) is 6.92 Å². The normalized spacial score (nSPS) is 11.2. The Kier molecular flexibility index (Phi) is 16.4. The fraction of sp³-hybridized carbons (Fsp3) is 0.100. The van der Waals surface area contributed by atoms with Crippen molar-refractivity contribution in [2.24, 2.45) is 10.2 Å². The topological polar surface area (TPSA) is 227 Å². The van der Waals surface area contributed by atoms with Crippen LogP contribution >= 0.6 is 12.0 Å². The molecule has 0 spiro atoms. The maximum atomic E-state index is 11.9. The van der Waals surface area contributed by atoms with Crippen LogP contribution in [-0.2, 0) is 34.4 Å². The third-order valence-electron chi connectivity index (χ3n) is 4.25. The molecule has 3 N–H and O–H groups in total. The fourth-order valence-corrected chi connectivity index (χ4v) is 4.07. The average molecular weight is 619 g/mol. The van der Waals surface area contributed by atoms with Crippen molar-refractivity contribution in [1.29, 1.82) is 0 Å². The van der Waals surface area contributed by atoms with E-state index in [1.165, 1.54) is 31.2 Å². The zero-order valence-corrected chi connectivity index (χ0v) is 27.2. The Morgan fingerprint density at radius 1 is 1.08 bits per heavy atom. The van der Waals surface area contributed by atoms with Gasteiger partial charge in [0, 0.05) is 18.0 Å². The molecule has 200 valence electrons. The quantitative estimate of drug-likeness (QED) is 0.0331. The number of azo groups is 1. The Balaban J connectivity index is 0.00000189. The number of aromatic hydroxyl groups is 1. The molecule has 0 unspecified atom stereocenters. The number of rotatable bonds is 8. The van der Waals surface area contributed by atoms with Gasteiger partial charge in [0.1, 0.15) is 5.69 Å². The van der Waals surface area contributed by atoms with Crippen LogP contribution in [0, 0.1) is 6.92 Å². The summed E-state index contributed by atoms with van der Waals surface area (Å²) < 4.78 is 60.9. The van der Waals surface area contributed by atoms with Gasteiger partial charge in [-0.3, -0.25) is 14.4 Å². The van der Waals surface area contributed by atoms with Crippen molar-refractivity contribution in [3.63, 3.8) is 0 Å². The minimum atomic E-state index is -4.92. The van der Waals surface area contributed by atoms with E-state index >= 15 is 0 Å². The maximum Gasteiger partial charge on any atom is 1.00 e. The molecule has 0 saturated carbocycles. The van der Waals surface area contributed by atoms with E-state index in [-0.39, 0.29) is 92.0 Å². The van der Waals surface area contributed by atoms with Crippen molar-refractivity contribution < 1.29 is 110 Å². The summed E-state index contributed by atoms with van der Waals surface area (Å²) >= 11 is 0.518. The molecule has 14 nitrogen and oxygen atoms in total. The first-order valence-electron chi connectivity index (χ1n) is 9.67. The number of phenols is 1. The van der Waals surface area contributed by atoms with Gasteiger partial charge in [0.15, 0.2) is 15.6 Å². The molecule has 0 radical (unpaired) electrons. The van der Waals surface area contributed by atoms with Gasteiger partial charge in [-0.05, 0) is 53.9 Å². The van der Waals surface area contributed by atoms with Crippen LogP contribution < -0.4 is 69.7 Å². The van der Waals surface area contributed by atoms with Crippen molar-refractivity contribution in [2.75, 3.05) is 11.1 Å². The molecule has 0 aliphatic carbocycles. The number of carbonyl (C=O) groups is 1. The molecule has 0 aliphatic rings. The third kappa shape index (κ3) is 12.5. The Labute approximate surface area is 272 Å². The maximum absolute atomic E-state index is 11.9. The fourth-order valence-electron chi connectivity index (χ4n) is 2.79. The van der Waals surface area contributed by atoms with Crippen LogP contribution in [0.3, 0.4) is 0 Å². The van der Waals surface area contributed by atoms with Crippen LogP contribution in [-0.4, -0.2) is 42.7 Å². The molecular formula is C20H18N3Na2O11S3-. The monoisotopic (exact) mass is 618 g/mol. The van der Waals surface area contributed by atoms with Gasteiger partial charge in [-0.15, -0.1) is 5.11 Å². The number of anilines is 1. The molecule has 0 aromatic heterocycles. The van der Waals surface area contributed by atoms with Crippen LogP contribution in [0.25, 0.3) is 10.8 Å². The van der Waals surface area contributed by atoms with Gasteiger partial charge in [-0.2, -0.15) is 9.45 Å². The number of hydrogen-bond donors (Lipinski definition) is 3. The molecule has 19 heteroatoms. The summed E-state index contributed by atoms with van der Waals surface area (Å²) in [5.74, 6) is -0.773. The van der Waals surface area contributed by atoms with E-state index in [0.717, 1.165) is 0 Å². The Bertz CT molecular complexity index is 1510. The van der Waals surface area contributed by atoms with E-state index < -0.39 is 20.2 Å². The average Bonchev–Trinajstić information content (AvgIpc) is 2.81. The van der Waals surface area contributed by atoms with Gasteiger partial charge in [-0.1, -0.05) is 5.75 Å². The molecule has 0 heterocycles. The molecule has 0 fully saturated rings. The van der Waals surface area contributed by atoms with Crippen LogP contribution in [0.5, 0.6) is 5.75 Å². The molecule has 0 atom stereocenters. The number of benzene rings is 3. The molecule has 3 aromatic carbocycles.